The molecule has 3 aliphatic heterocycles. The lowest BCUT2D eigenvalue weighted by molar-refractivity contribution is -0.118. The molecule has 0 bridgehead atoms. The van der Waals surface area contributed by atoms with Gasteiger partial charge in [-0.1, -0.05) is 12.1 Å². The molecule has 0 spiro atoms. The van der Waals surface area contributed by atoms with Gasteiger partial charge in [-0.15, -0.1) is 0 Å². The van der Waals surface area contributed by atoms with E-state index in [2.05, 4.69) is 20.2 Å². The Kier molecular flexibility index (Phi) is 10.3. The monoisotopic (exact) mass is 765 g/mol. The van der Waals surface area contributed by atoms with Crippen LogP contribution in [0.25, 0.3) is 16.9 Å². The highest BCUT2D eigenvalue weighted by Crippen LogP contribution is 2.40. The van der Waals surface area contributed by atoms with Crippen molar-refractivity contribution in [2.24, 2.45) is 0 Å². The predicted molar refractivity (Wildman–Crippen MR) is 198 cm³/mol. The molecule has 3 saturated heterocycles. The normalized spacial score (nSPS) is 20.0. The fourth-order valence-electron chi connectivity index (χ4n) is 7.84. The first-order valence-electron chi connectivity index (χ1n) is 18.4. The molecule has 2 aromatic carbocycles. The summed E-state index contributed by atoms with van der Waals surface area (Å²) in [6.45, 7) is 8.20. The second kappa shape index (κ2) is 14.8. The number of anilines is 1. The fourth-order valence-corrected chi connectivity index (χ4v) is 7.84. The van der Waals surface area contributed by atoms with Gasteiger partial charge in [-0.2, -0.15) is 0 Å². The maximum atomic E-state index is 16.3. The number of piperidine rings is 2. The molecule has 3 fully saturated rings. The minimum absolute atomic E-state index is 0.0226. The van der Waals surface area contributed by atoms with Gasteiger partial charge in [0, 0.05) is 57.4 Å². The van der Waals surface area contributed by atoms with Crippen molar-refractivity contribution >= 4 is 29.0 Å². The Hall–Kier alpha value is -5.16. The summed E-state index contributed by atoms with van der Waals surface area (Å²) in [6.07, 6.45) is 2.33. The lowest BCUT2D eigenvalue weighted by Gasteiger charge is -2.49. The fraction of sp³-hybridized carbons (Fsp3) is 0.500. The summed E-state index contributed by atoms with van der Waals surface area (Å²) in [7, 11) is 1.34. The Balaban J connectivity index is 1.02. The number of ether oxygens (including phenoxy) is 2. The molecule has 3 aliphatic rings. The number of nitrogen functional groups attached to an aromatic ring is 1. The molecule has 294 valence electrons. The summed E-state index contributed by atoms with van der Waals surface area (Å²) in [5, 5.41) is 2.76. The topological polar surface area (TPSA) is 153 Å². The van der Waals surface area contributed by atoms with E-state index in [9.17, 15) is 18.8 Å². The maximum absolute atomic E-state index is 16.3. The van der Waals surface area contributed by atoms with Gasteiger partial charge in [0.25, 0.3) is 11.8 Å². The number of hydrogen-bond acceptors (Lipinski definition) is 10. The van der Waals surface area contributed by atoms with Gasteiger partial charge in [0.05, 0.1) is 24.9 Å². The van der Waals surface area contributed by atoms with Crippen molar-refractivity contribution in [1.82, 2.24) is 39.1 Å². The van der Waals surface area contributed by atoms with Gasteiger partial charge in [0.15, 0.2) is 11.5 Å². The first-order chi connectivity index (χ1) is 26.1. The average molecular weight is 766 g/mol. The van der Waals surface area contributed by atoms with E-state index in [0.717, 1.165) is 42.9 Å². The van der Waals surface area contributed by atoms with Crippen molar-refractivity contribution in [2.45, 2.75) is 76.2 Å². The number of alkyl halides is 2. The molecule has 5 heterocycles. The molecular weight excluding hydrogens is 719 g/mol. The van der Waals surface area contributed by atoms with E-state index in [-0.39, 0.29) is 59.4 Å². The molecule has 3 N–H and O–H groups in total. The van der Waals surface area contributed by atoms with Crippen LogP contribution in [-0.4, -0.2) is 116 Å². The van der Waals surface area contributed by atoms with E-state index in [1.807, 2.05) is 25.7 Å². The summed E-state index contributed by atoms with van der Waals surface area (Å²) >= 11 is 0. The largest absolute Gasteiger partial charge is 0.496 e. The number of carbonyl (C=O) groups excluding carboxylic acids is 2. The first kappa shape index (κ1) is 38.1. The number of benzene rings is 2. The highest BCUT2D eigenvalue weighted by molar-refractivity contribution is 5.96. The highest BCUT2D eigenvalue weighted by atomic mass is 19.3. The first-order valence-corrected chi connectivity index (χ1v) is 18.4. The molecule has 17 heteroatoms. The summed E-state index contributed by atoms with van der Waals surface area (Å²) in [5.74, 6) is -4.19. The predicted octanol–water partition coefficient (Wildman–Crippen LogP) is 4.21. The number of amides is 2. The van der Waals surface area contributed by atoms with Gasteiger partial charge in [-0.25, -0.2) is 32.7 Å². The van der Waals surface area contributed by atoms with Gasteiger partial charge < -0.3 is 25.4 Å². The van der Waals surface area contributed by atoms with Crippen LogP contribution in [-0.2, 0) is 11.3 Å². The third kappa shape index (κ3) is 7.72. The van der Waals surface area contributed by atoms with Crippen molar-refractivity contribution in [3.63, 3.8) is 0 Å². The maximum Gasteiger partial charge on any atom is 0.410 e. The number of nitrogens with zero attached hydrogens (tertiary/aromatic N) is 7. The summed E-state index contributed by atoms with van der Waals surface area (Å²) < 4.78 is 59.0. The molecule has 4 aromatic rings. The Bertz CT molecular complexity index is 2120. The Morgan fingerprint density at radius 2 is 1.67 bits per heavy atom. The number of aromatic nitrogens is 4. The van der Waals surface area contributed by atoms with Crippen LogP contribution >= 0.6 is 0 Å². The van der Waals surface area contributed by atoms with Crippen LogP contribution in [0.5, 0.6) is 5.75 Å². The molecule has 0 saturated carbocycles. The zero-order valence-corrected chi connectivity index (χ0v) is 31.3. The van der Waals surface area contributed by atoms with E-state index < -0.39 is 41.5 Å². The van der Waals surface area contributed by atoms with Gasteiger partial charge in [0.1, 0.15) is 35.1 Å². The third-order valence-electron chi connectivity index (χ3n) is 10.7. The molecule has 2 aromatic heterocycles. The smallest absolute Gasteiger partial charge is 0.410 e. The number of fused-ring (bicyclic) bond motifs is 1. The van der Waals surface area contributed by atoms with E-state index in [4.69, 9.17) is 15.2 Å². The second-order valence-corrected chi connectivity index (χ2v) is 15.5. The van der Waals surface area contributed by atoms with Crippen LogP contribution in [0.3, 0.4) is 0 Å². The molecule has 0 radical (unpaired) electrons. The SMILES string of the molecule is COc1cc(F)ccc1C(=O)NCc1ccc(-n2c(=O)n([C@@H]3CCN(C4CCN(C5CN(C(=O)OC(C)(C)C)C5)CC4)CC3(F)F)c3ncnc(N)c32)cc1. The number of hydrogen-bond donors (Lipinski definition) is 2. The van der Waals surface area contributed by atoms with E-state index >= 15 is 8.78 Å². The lowest BCUT2D eigenvalue weighted by atomic mass is 9.94. The third-order valence-corrected chi connectivity index (χ3v) is 10.7. The van der Waals surface area contributed by atoms with Gasteiger partial charge in [-0.3, -0.25) is 23.7 Å². The van der Waals surface area contributed by atoms with E-state index in [0.29, 0.717) is 30.9 Å². The molecule has 0 aliphatic carbocycles. The number of likely N-dealkylation sites (tertiary alicyclic amines) is 3. The Morgan fingerprint density at radius 3 is 2.33 bits per heavy atom. The van der Waals surface area contributed by atoms with Crippen LogP contribution in [0, 0.1) is 5.82 Å². The molecule has 1 atom stereocenters. The Labute approximate surface area is 316 Å². The van der Waals surface area contributed by atoms with E-state index in [1.54, 1.807) is 29.2 Å². The number of nitrogens with two attached hydrogens (primary N) is 1. The second-order valence-electron chi connectivity index (χ2n) is 15.5. The summed E-state index contributed by atoms with van der Waals surface area (Å²) in [6, 6.07) is 9.00. The summed E-state index contributed by atoms with van der Waals surface area (Å²) in [5.41, 5.74) is 6.35. The van der Waals surface area contributed by atoms with Crippen molar-refractivity contribution in [3.8, 4) is 11.4 Å². The summed E-state index contributed by atoms with van der Waals surface area (Å²) in [4.78, 5) is 53.5. The number of nitrogens with one attached hydrogen (secondary N) is 1. The zero-order chi connectivity index (χ0) is 39.2. The quantitative estimate of drug-likeness (QED) is 0.267. The van der Waals surface area contributed by atoms with Crippen LogP contribution in [0.2, 0.25) is 0 Å². The van der Waals surface area contributed by atoms with Crippen LogP contribution < -0.4 is 21.5 Å². The van der Waals surface area contributed by atoms with Crippen LogP contribution in [0.15, 0.2) is 53.6 Å². The Morgan fingerprint density at radius 1 is 0.982 bits per heavy atom. The number of rotatable bonds is 8. The number of imidazole rings is 1. The molecule has 14 nitrogen and oxygen atoms in total. The van der Waals surface area contributed by atoms with Gasteiger partial charge in [-0.05, 0) is 69.9 Å². The van der Waals surface area contributed by atoms with Crippen LogP contribution in [0.1, 0.15) is 62.0 Å². The molecule has 0 unspecified atom stereocenters. The van der Waals surface area contributed by atoms with Gasteiger partial charge in [0.2, 0.25) is 0 Å². The molecule has 2 amide bonds. The lowest BCUT2D eigenvalue weighted by Crippen LogP contribution is -2.64. The molecule has 55 heavy (non-hydrogen) atoms. The average Bonchev–Trinajstić information content (AvgIpc) is 3.41. The number of carbonyl (C=O) groups is 2. The van der Waals surface area contributed by atoms with Crippen molar-refractivity contribution in [2.75, 3.05) is 52.1 Å². The van der Waals surface area contributed by atoms with E-state index in [1.165, 1.54) is 23.8 Å². The standard InChI is InChI=1S/C38H46F3N9O5/c1-37(2,3)55-36(53)48-19-27(20-48)46-14-11-25(12-15-46)47-16-13-30(38(40,41)21-47)50-33-31(32(42)44-22-45-33)49(35(50)52)26-8-5-23(6-9-26)18-43-34(51)28-10-7-24(39)17-29(28)54-4/h5-10,17,22,25,27,30H,11-16,18-21H2,1-4H3,(H,43,51)(H2,42,44,45)/t30-/m1/s1. The van der Waals surface area contributed by atoms with Crippen LogP contribution in [0.4, 0.5) is 23.8 Å². The number of halogens is 3. The highest BCUT2D eigenvalue weighted by Gasteiger charge is 2.49. The van der Waals surface area contributed by atoms with Crippen molar-refractivity contribution in [3.05, 3.63) is 76.2 Å². The molecular formula is C38H46F3N9O5. The van der Waals surface area contributed by atoms with Gasteiger partial charge >= 0.3 is 11.8 Å². The van der Waals surface area contributed by atoms with Crippen molar-refractivity contribution in [1.29, 1.82) is 0 Å². The zero-order valence-electron chi connectivity index (χ0n) is 31.3. The minimum atomic E-state index is -3.25. The minimum Gasteiger partial charge on any atom is -0.496 e. The number of methoxy groups -OCH3 is 1. The van der Waals surface area contributed by atoms with Crippen molar-refractivity contribution < 1.29 is 32.2 Å². The molecule has 7 rings (SSSR count).